The number of hydrogen-bond donors (Lipinski definition) is 3. The summed E-state index contributed by atoms with van der Waals surface area (Å²) in [5, 5.41) is 18.0. The van der Waals surface area contributed by atoms with Crippen LogP contribution in [-0.2, 0) is 37.8 Å². The van der Waals surface area contributed by atoms with Crippen molar-refractivity contribution in [2.45, 2.75) is 69.6 Å². The summed E-state index contributed by atoms with van der Waals surface area (Å²) in [6.07, 6.45) is 1.28. The average Bonchev–Trinajstić information content (AvgIpc) is 3.64. The zero-order valence-corrected chi connectivity index (χ0v) is 34.9. The molecule has 0 aliphatic carbocycles. The summed E-state index contributed by atoms with van der Waals surface area (Å²) in [5.74, 6) is 0.0350. The van der Waals surface area contributed by atoms with Crippen molar-refractivity contribution in [2.75, 3.05) is 43.6 Å². The Kier molecular flexibility index (Phi) is 12.2. The van der Waals surface area contributed by atoms with Crippen LogP contribution in [0, 0.1) is 11.8 Å². The highest BCUT2D eigenvalue weighted by Crippen LogP contribution is 2.60. The molecule has 4 aromatic carbocycles. The summed E-state index contributed by atoms with van der Waals surface area (Å²) < 4.78 is 12.7. The largest absolute Gasteiger partial charge is 0.497 e. The highest BCUT2D eigenvalue weighted by atomic mass is 35.5. The maximum atomic E-state index is 15.3. The summed E-state index contributed by atoms with van der Waals surface area (Å²) in [5.41, 5.74) is 2.43. The molecule has 2 saturated heterocycles. The molecular formula is C45H53ClN4O6Si. The molecule has 3 N–H and O–H groups in total. The Hall–Kier alpha value is -4.52. The molecule has 10 nitrogen and oxygen atoms in total. The zero-order valence-electron chi connectivity index (χ0n) is 33.2. The van der Waals surface area contributed by atoms with Gasteiger partial charge in [0.1, 0.15) is 5.75 Å². The van der Waals surface area contributed by atoms with Gasteiger partial charge in [-0.15, -0.1) is 0 Å². The molecule has 1 unspecified atom stereocenters. The third-order valence-electron chi connectivity index (χ3n) is 12.3. The van der Waals surface area contributed by atoms with Crippen LogP contribution >= 0.6 is 11.6 Å². The summed E-state index contributed by atoms with van der Waals surface area (Å²) in [4.78, 5) is 46.0. The Morgan fingerprint density at radius 3 is 2.44 bits per heavy atom. The van der Waals surface area contributed by atoms with Crippen LogP contribution in [0.3, 0.4) is 0 Å². The fourth-order valence-corrected chi connectivity index (χ4v) is 13.5. The Balaban J connectivity index is 1.21. The standard InChI is InChI=1S/C45H53ClN4O6Si/c1-30-42(57(3,4)37-19-17-36(55-2)18-20-37)40(26-41(52)49(23-24-51)28-31-9-6-5-7-10-31)56-45(30)38-25-34(46)14-21-39(38)50(44(45)54)29-32-12-15-35(16-13-32)48-43(53)33-11-8-22-47-27-33/h5-7,9-10,12-21,25,30,33,40,42,47,51H,8,11,22-24,26-29H2,1-4H3,(H,48,53)/t30-,33?,40+,42-,45+/m1/s1. The van der Waals surface area contributed by atoms with Crippen molar-refractivity contribution in [3.05, 3.63) is 119 Å². The summed E-state index contributed by atoms with van der Waals surface area (Å²) in [6.45, 7) is 8.91. The number of carbonyl (C=O) groups excluding carboxylic acids is 3. The Morgan fingerprint density at radius 2 is 1.77 bits per heavy atom. The van der Waals surface area contributed by atoms with E-state index in [1.54, 1.807) is 23.0 Å². The predicted molar refractivity (Wildman–Crippen MR) is 226 cm³/mol. The molecule has 3 aliphatic rings. The van der Waals surface area contributed by atoms with Crippen LogP contribution in [-0.4, -0.2) is 75.3 Å². The molecule has 0 aromatic heterocycles. The fraction of sp³-hybridized carbons (Fsp3) is 0.400. The van der Waals surface area contributed by atoms with Gasteiger partial charge in [0.15, 0.2) is 5.60 Å². The van der Waals surface area contributed by atoms with Gasteiger partial charge in [0.2, 0.25) is 11.8 Å². The number of aliphatic hydroxyl groups is 1. The quantitative estimate of drug-likeness (QED) is 0.133. The van der Waals surface area contributed by atoms with E-state index in [0.29, 0.717) is 29.4 Å². The average molecular weight is 809 g/mol. The van der Waals surface area contributed by atoms with E-state index in [1.807, 2.05) is 78.9 Å². The number of ether oxygens (including phenoxy) is 2. The fourth-order valence-electron chi connectivity index (χ4n) is 9.36. The molecule has 3 heterocycles. The van der Waals surface area contributed by atoms with Crippen LogP contribution in [0.15, 0.2) is 97.1 Å². The van der Waals surface area contributed by atoms with E-state index in [-0.39, 0.29) is 61.2 Å². The van der Waals surface area contributed by atoms with Gasteiger partial charge in [-0.3, -0.25) is 14.4 Å². The molecule has 300 valence electrons. The van der Waals surface area contributed by atoms with Gasteiger partial charge in [0.25, 0.3) is 5.91 Å². The number of amides is 3. The lowest BCUT2D eigenvalue weighted by Crippen LogP contribution is -2.52. The number of nitrogens with zero attached hydrogens (tertiary/aromatic N) is 2. The van der Waals surface area contributed by atoms with E-state index in [9.17, 15) is 14.7 Å². The first-order valence-corrected chi connectivity index (χ1v) is 23.4. The second kappa shape index (κ2) is 17.1. The van der Waals surface area contributed by atoms with Crippen LogP contribution in [0.4, 0.5) is 11.4 Å². The van der Waals surface area contributed by atoms with Crippen molar-refractivity contribution in [1.29, 1.82) is 0 Å². The summed E-state index contributed by atoms with van der Waals surface area (Å²) in [7, 11) is -0.887. The van der Waals surface area contributed by atoms with Gasteiger partial charge in [-0.25, -0.2) is 0 Å². The lowest BCUT2D eigenvalue weighted by Gasteiger charge is -2.37. The van der Waals surface area contributed by atoms with E-state index < -0.39 is 19.8 Å². The zero-order chi connectivity index (χ0) is 40.3. The van der Waals surface area contributed by atoms with Crippen molar-refractivity contribution in [3.63, 3.8) is 0 Å². The number of halogens is 1. The predicted octanol–water partition coefficient (Wildman–Crippen LogP) is 6.46. The van der Waals surface area contributed by atoms with Crippen molar-refractivity contribution in [1.82, 2.24) is 10.2 Å². The monoisotopic (exact) mass is 808 g/mol. The van der Waals surface area contributed by atoms with E-state index in [4.69, 9.17) is 21.1 Å². The Labute approximate surface area is 341 Å². The summed E-state index contributed by atoms with van der Waals surface area (Å²) >= 11 is 6.72. The number of benzene rings is 4. The first-order chi connectivity index (χ1) is 27.5. The molecule has 2 fully saturated rings. The van der Waals surface area contributed by atoms with Crippen molar-refractivity contribution >= 4 is 54.0 Å². The van der Waals surface area contributed by atoms with Gasteiger partial charge in [-0.2, -0.15) is 0 Å². The molecule has 3 amide bonds. The van der Waals surface area contributed by atoms with Gasteiger partial charge in [-0.1, -0.05) is 91.4 Å². The van der Waals surface area contributed by atoms with Crippen LogP contribution in [0.5, 0.6) is 5.75 Å². The highest BCUT2D eigenvalue weighted by molar-refractivity contribution is 6.91. The van der Waals surface area contributed by atoms with Gasteiger partial charge in [0.05, 0.1) is 52.5 Å². The number of methoxy groups -OCH3 is 1. The number of hydrogen-bond acceptors (Lipinski definition) is 7. The highest BCUT2D eigenvalue weighted by Gasteiger charge is 2.66. The van der Waals surface area contributed by atoms with Crippen LogP contribution < -0.4 is 25.5 Å². The normalized spacial score (nSPS) is 23.1. The molecule has 4 aromatic rings. The van der Waals surface area contributed by atoms with Crippen molar-refractivity contribution < 1.29 is 29.0 Å². The van der Waals surface area contributed by atoms with Gasteiger partial charge in [-0.05, 0) is 78.5 Å². The van der Waals surface area contributed by atoms with E-state index >= 15 is 4.79 Å². The van der Waals surface area contributed by atoms with Crippen molar-refractivity contribution in [2.24, 2.45) is 11.8 Å². The molecule has 0 radical (unpaired) electrons. The smallest absolute Gasteiger partial charge is 0.264 e. The van der Waals surface area contributed by atoms with Gasteiger partial charge < -0.3 is 35.0 Å². The topological polar surface area (TPSA) is 120 Å². The minimum Gasteiger partial charge on any atom is -0.497 e. The van der Waals surface area contributed by atoms with Gasteiger partial charge >= 0.3 is 0 Å². The Morgan fingerprint density at radius 1 is 1.04 bits per heavy atom. The molecule has 0 bridgehead atoms. The Bertz CT molecular complexity index is 2060. The lowest BCUT2D eigenvalue weighted by atomic mass is 9.82. The number of aliphatic hydroxyl groups excluding tert-OH is 1. The maximum absolute atomic E-state index is 15.3. The third-order valence-corrected chi connectivity index (χ3v) is 16.9. The molecule has 3 aliphatic heterocycles. The molecule has 5 atom stereocenters. The number of rotatable bonds is 13. The van der Waals surface area contributed by atoms with Crippen LogP contribution in [0.2, 0.25) is 23.7 Å². The molecule has 1 spiro atoms. The lowest BCUT2D eigenvalue weighted by molar-refractivity contribution is -0.150. The number of fused-ring (bicyclic) bond motifs is 2. The summed E-state index contributed by atoms with van der Waals surface area (Å²) in [6, 6.07) is 31.0. The number of piperidine rings is 1. The second-order valence-electron chi connectivity index (χ2n) is 16.2. The molecule has 57 heavy (non-hydrogen) atoms. The number of anilines is 2. The SMILES string of the molecule is COc1ccc([Si](C)(C)[C@H]2[C@H](CC(=O)N(CCO)Cc3ccccc3)O[C@@]3(C(=O)N(Cc4ccc(NC(=O)C5CCCNC5)cc4)c4ccc(Cl)cc43)[C@@H]2C)cc1. The van der Waals surface area contributed by atoms with E-state index in [2.05, 4.69) is 42.8 Å². The van der Waals surface area contributed by atoms with Crippen molar-refractivity contribution in [3.8, 4) is 5.75 Å². The van der Waals surface area contributed by atoms with E-state index in [0.717, 1.165) is 47.1 Å². The minimum atomic E-state index is -2.53. The number of nitrogens with one attached hydrogen (secondary N) is 2. The molecule has 0 saturated carbocycles. The molecule has 12 heteroatoms. The minimum absolute atomic E-state index is 0.00744. The van der Waals surface area contributed by atoms with Crippen LogP contribution in [0.25, 0.3) is 0 Å². The third kappa shape index (κ3) is 8.13. The van der Waals surface area contributed by atoms with Gasteiger partial charge in [0, 0.05) is 41.8 Å². The molecule has 7 rings (SSSR count). The maximum Gasteiger partial charge on any atom is 0.264 e. The van der Waals surface area contributed by atoms with E-state index in [1.165, 1.54) is 0 Å². The van der Waals surface area contributed by atoms with Crippen LogP contribution in [0.1, 0.15) is 42.9 Å². The molecular weight excluding hydrogens is 756 g/mol. The first-order valence-electron chi connectivity index (χ1n) is 19.9. The first kappa shape index (κ1) is 40.7. The second-order valence-corrected chi connectivity index (χ2v) is 21.3. The number of carbonyl (C=O) groups is 3.